The lowest BCUT2D eigenvalue weighted by atomic mass is 10.1. The molecule has 0 aliphatic carbocycles. The van der Waals surface area contributed by atoms with Gasteiger partial charge in [-0.15, -0.1) is 0 Å². The van der Waals surface area contributed by atoms with E-state index in [0.717, 1.165) is 28.2 Å². The first-order chi connectivity index (χ1) is 13.4. The molecule has 150 valence electrons. The van der Waals surface area contributed by atoms with Crippen LogP contribution in [0.3, 0.4) is 0 Å². The van der Waals surface area contributed by atoms with Crippen molar-refractivity contribution in [2.24, 2.45) is 0 Å². The van der Waals surface area contributed by atoms with Crippen LogP contribution in [0.5, 0.6) is 11.5 Å². The van der Waals surface area contributed by atoms with Gasteiger partial charge in [0, 0.05) is 6.54 Å². The summed E-state index contributed by atoms with van der Waals surface area (Å²) in [5.74, 6) is 0.676. The third-order valence-corrected chi connectivity index (χ3v) is 4.21. The number of nitrogens with one attached hydrogen (secondary N) is 1. The van der Waals surface area contributed by atoms with Gasteiger partial charge >= 0.3 is 5.97 Å². The van der Waals surface area contributed by atoms with Crippen LogP contribution in [0, 0.1) is 13.8 Å². The number of carbonyl (C=O) groups excluding carboxylic acids is 2. The second-order valence-electron chi connectivity index (χ2n) is 6.57. The van der Waals surface area contributed by atoms with Gasteiger partial charge in [0.25, 0.3) is 5.91 Å². The Morgan fingerprint density at radius 3 is 2.46 bits per heavy atom. The zero-order chi connectivity index (χ0) is 20.5. The Morgan fingerprint density at radius 1 is 1.07 bits per heavy atom. The fraction of sp³-hybridized carbons (Fsp3) is 0.364. The number of esters is 1. The molecule has 0 unspecified atom stereocenters. The molecule has 0 radical (unpaired) electrons. The first kappa shape index (κ1) is 21.3. The summed E-state index contributed by atoms with van der Waals surface area (Å²) < 4.78 is 15.9. The molecule has 1 amide bonds. The van der Waals surface area contributed by atoms with Crippen molar-refractivity contribution in [1.29, 1.82) is 0 Å². The minimum atomic E-state index is -0.869. The van der Waals surface area contributed by atoms with Gasteiger partial charge in [0.15, 0.2) is 6.10 Å². The second kappa shape index (κ2) is 10.3. The van der Waals surface area contributed by atoms with Crippen molar-refractivity contribution in [3.8, 4) is 11.5 Å². The average Bonchev–Trinajstić information content (AvgIpc) is 2.69. The highest BCUT2D eigenvalue weighted by Gasteiger charge is 2.17. The second-order valence-corrected chi connectivity index (χ2v) is 6.57. The number of methoxy groups -OCH3 is 1. The predicted octanol–water partition coefficient (Wildman–Crippen LogP) is 3.33. The molecular weight excluding hydrogens is 358 g/mol. The Bertz CT molecular complexity index is 801. The average molecular weight is 385 g/mol. The lowest BCUT2D eigenvalue weighted by molar-refractivity contribution is -0.155. The molecule has 0 heterocycles. The van der Waals surface area contributed by atoms with Gasteiger partial charge in [0.2, 0.25) is 0 Å². The number of carbonyl (C=O) groups is 2. The van der Waals surface area contributed by atoms with Crippen LogP contribution in [0.15, 0.2) is 42.5 Å². The lowest BCUT2D eigenvalue weighted by Crippen LogP contribution is -2.35. The van der Waals surface area contributed by atoms with Gasteiger partial charge in [-0.1, -0.05) is 24.3 Å². The molecule has 0 saturated carbocycles. The van der Waals surface area contributed by atoms with Crippen molar-refractivity contribution in [2.45, 2.75) is 39.8 Å². The summed E-state index contributed by atoms with van der Waals surface area (Å²) in [6.07, 6.45) is -0.796. The monoisotopic (exact) mass is 385 g/mol. The Balaban J connectivity index is 1.71. The zero-order valence-electron chi connectivity index (χ0n) is 16.8. The highest BCUT2D eigenvalue weighted by Crippen LogP contribution is 2.19. The molecule has 0 fully saturated rings. The van der Waals surface area contributed by atoms with E-state index in [2.05, 4.69) is 5.32 Å². The Kier molecular flexibility index (Phi) is 7.87. The fourth-order valence-electron chi connectivity index (χ4n) is 2.49. The summed E-state index contributed by atoms with van der Waals surface area (Å²) in [7, 11) is 1.60. The van der Waals surface area contributed by atoms with Crippen LogP contribution < -0.4 is 14.8 Å². The number of rotatable bonds is 9. The van der Waals surface area contributed by atoms with Crippen LogP contribution in [-0.4, -0.2) is 31.7 Å². The number of hydrogen-bond donors (Lipinski definition) is 1. The SMILES string of the molecule is COc1ccc(CNC(=O)[C@H](C)OC(=O)CCOc2cc(C)ccc2C)cc1. The molecular formula is C22H27NO5. The topological polar surface area (TPSA) is 73.9 Å². The Morgan fingerprint density at radius 2 is 1.79 bits per heavy atom. The van der Waals surface area contributed by atoms with Crippen LogP contribution in [0.25, 0.3) is 0 Å². The maximum Gasteiger partial charge on any atom is 0.310 e. The summed E-state index contributed by atoms with van der Waals surface area (Å²) in [6.45, 7) is 6.02. The van der Waals surface area contributed by atoms with Gasteiger partial charge in [-0.25, -0.2) is 0 Å². The molecule has 0 aromatic heterocycles. The van der Waals surface area contributed by atoms with E-state index < -0.39 is 12.1 Å². The minimum Gasteiger partial charge on any atom is -0.497 e. The van der Waals surface area contributed by atoms with E-state index in [-0.39, 0.29) is 18.9 Å². The molecule has 6 heteroatoms. The van der Waals surface area contributed by atoms with E-state index in [1.807, 2.05) is 56.3 Å². The molecule has 2 aromatic carbocycles. The van der Waals surface area contributed by atoms with Gasteiger partial charge in [-0.2, -0.15) is 0 Å². The Hall–Kier alpha value is -3.02. The summed E-state index contributed by atoms with van der Waals surface area (Å²) >= 11 is 0. The predicted molar refractivity (Wildman–Crippen MR) is 106 cm³/mol. The van der Waals surface area contributed by atoms with Crippen LogP contribution in [0.1, 0.15) is 30.0 Å². The lowest BCUT2D eigenvalue weighted by Gasteiger charge is -2.14. The molecule has 0 spiro atoms. The minimum absolute atomic E-state index is 0.0729. The third kappa shape index (κ3) is 6.61. The van der Waals surface area contributed by atoms with E-state index in [4.69, 9.17) is 14.2 Å². The summed E-state index contributed by atoms with van der Waals surface area (Å²) in [6, 6.07) is 13.3. The first-order valence-corrected chi connectivity index (χ1v) is 9.19. The smallest absolute Gasteiger partial charge is 0.310 e. The molecule has 0 bridgehead atoms. The molecule has 6 nitrogen and oxygen atoms in total. The normalized spacial score (nSPS) is 11.4. The van der Waals surface area contributed by atoms with Gasteiger partial charge in [0.05, 0.1) is 20.1 Å². The summed E-state index contributed by atoms with van der Waals surface area (Å²) in [4.78, 5) is 24.1. The van der Waals surface area contributed by atoms with Gasteiger partial charge in [-0.3, -0.25) is 9.59 Å². The maximum atomic E-state index is 12.1. The molecule has 0 aliphatic rings. The van der Waals surface area contributed by atoms with E-state index in [1.54, 1.807) is 14.0 Å². The van der Waals surface area contributed by atoms with Crippen molar-refractivity contribution in [3.05, 3.63) is 59.2 Å². The quantitative estimate of drug-likeness (QED) is 0.670. The Labute approximate surface area is 165 Å². The van der Waals surface area contributed by atoms with E-state index in [1.165, 1.54) is 0 Å². The molecule has 0 saturated heterocycles. The molecule has 1 atom stereocenters. The van der Waals surface area contributed by atoms with E-state index in [0.29, 0.717) is 6.54 Å². The first-order valence-electron chi connectivity index (χ1n) is 9.19. The van der Waals surface area contributed by atoms with Crippen LogP contribution >= 0.6 is 0 Å². The van der Waals surface area contributed by atoms with Crippen molar-refractivity contribution < 1.29 is 23.8 Å². The van der Waals surface area contributed by atoms with Crippen molar-refractivity contribution in [3.63, 3.8) is 0 Å². The standard InChI is InChI=1S/C22H27NO5/c1-15-5-6-16(2)20(13-15)27-12-11-21(24)28-17(3)22(25)23-14-18-7-9-19(26-4)10-8-18/h5-10,13,17H,11-12,14H2,1-4H3,(H,23,25)/t17-/m0/s1. The van der Waals surface area contributed by atoms with E-state index >= 15 is 0 Å². The van der Waals surface area contributed by atoms with Crippen LogP contribution in [0.4, 0.5) is 0 Å². The van der Waals surface area contributed by atoms with Crippen LogP contribution in [0.2, 0.25) is 0 Å². The summed E-state index contributed by atoms with van der Waals surface area (Å²) in [5.41, 5.74) is 3.02. The number of aryl methyl sites for hydroxylation is 2. The highest BCUT2D eigenvalue weighted by atomic mass is 16.5. The molecule has 2 rings (SSSR count). The van der Waals surface area contributed by atoms with Gasteiger partial charge in [0.1, 0.15) is 11.5 Å². The molecule has 28 heavy (non-hydrogen) atoms. The zero-order valence-corrected chi connectivity index (χ0v) is 16.8. The van der Waals surface area contributed by atoms with Crippen LogP contribution in [-0.2, 0) is 20.9 Å². The fourth-order valence-corrected chi connectivity index (χ4v) is 2.49. The largest absolute Gasteiger partial charge is 0.497 e. The summed E-state index contributed by atoms with van der Waals surface area (Å²) in [5, 5.41) is 2.75. The third-order valence-electron chi connectivity index (χ3n) is 4.21. The molecule has 2 aromatic rings. The molecule has 1 N–H and O–H groups in total. The number of amides is 1. The maximum absolute atomic E-state index is 12.1. The van der Waals surface area contributed by atoms with E-state index in [9.17, 15) is 9.59 Å². The van der Waals surface area contributed by atoms with Gasteiger partial charge in [-0.05, 0) is 55.7 Å². The van der Waals surface area contributed by atoms with Gasteiger partial charge < -0.3 is 19.5 Å². The highest BCUT2D eigenvalue weighted by molar-refractivity contribution is 5.83. The van der Waals surface area contributed by atoms with Crippen molar-refractivity contribution in [2.75, 3.05) is 13.7 Å². The number of hydrogen-bond acceptors (Lipinski definition) is 5. The van der Waals surface area contributed by atoms with Crippen molar-refractivity contribution in [1.82, 2.24) is 5.32 Å². The number of ether oxygens (including phenoxy) is 3. The van der Waals surface area contributed by atoms with Crippen molar-refractivity contribution >= 4 is 11.9 Å². The molecule has 0 aliphatic heterocycles. The number of benzene rings is 2.